The summed E-state index contributed by atoms with van der Waals surface area (Å²) < 4.78 is 5.19. The zero-order valence-electron chi connectivity index (χ0n) is 10.1. The molecule has 0 saturated heterocycles. The molecule has 0 aliphatic heterocycles. The summed E-state index contributed by atoms with van der Waals surface area (Å²) in [5, 5.41) is 1.17. The van der Waals surface area contributed by atoms with Crippen LogP contribution in [0.25, 0.3) is 22.4 Å². The van der Waals surface area contributed by atoms with Crippen LogP contribution in [0.3, 0.4) is 0 Å². The highest BCUT2D eigenvalue weighted by Gasteiger charge is 2.08. The van der Waals surface area contributed by atoms with Crippen LogP contribution in [0, 0.1) is 0 Å². The Morgan fingerprint density at radius 2 is 1.79 bits per heavy atom. The van der Waals surface area contributed by atoms with Gasteiger partial charge in [-0.15, -0.1) is 0 Å². The van der Waals surface area contributed by atoms with Gasteiger partial charge < -0.3 is 9.72 Å². The Morgan fingerprint density at radius 1 is 1.05 bits per heavy atom. The van der Waals surface area contributed by atoms with E-state index in [9.17, 15) is 0 Å². The van der Waals surface area contributed by atoms with E-state index in [1.807, 2.05) is 30.3 Å². The number of ether oxygens (including phenoxy) is 1. The predicted molar refractivity (Wildman–Crippen MR) is 78.1 cm³/mol. The number of nitrogens with zero attached hydrogens (tertiary/aromatic N) is 1. The summed E-state index contributed by atoms with van der Waals surface area (Å²) in [5.74, 6) is 1.51. The fourth-order valence-electron chi connectivity index (χ4n) is 1.94. The smallest absolute Gasteiger partial charge is 0.138 e. The van der Waals surface area contributed by atoms with Crippen molar-refractivity contribution in [3.63, 3.8) is 0 Å². The van der Waals surface area contributed by atoms with Gasteiger partial charge in [0.1, 0.15) is 11.6 Å². The van der Waals surface area contributed by atoms with Gasteiger partial charge in [-0.25, -0.2) is 4.98 Å². The van der Waals surface area contributed by atoms with E-state index in [1.165, 1.54) is 0 Å². The molecule has 5 heteroatoms. The number of aromatic nitrogens is 2. The van der Waals surface area contributed by atoms with Crippen LogP contribution in [0.15, 0.2) is 36.4 Å². The molecule has 0 atom stereocenters. The monoisotopic (exact) mass is 292 g/mol. The Morgan fingerprint density at radius 3 is 2.47 bits per heavy atom. The second-order valence-corrected chi connectivity index (χ2v) is 5.00. The number of nitrogens with one attached hydrogen (secondary N) is 1. The molecule has 0 aliphatic carbocycles. The lowest BCUT2D eigenvalue weighted by molar-refractivity contribution is 0.415. The molecule has 0 aliphatic rings. The van der Waals surface area contributed by atoms with Gasteiger partial charge in [0.25, 0.3) is 0 Å². The average Bonchev–Trinajstić information content (AvgIpc) is 2.80. The van der Waals surface area contributed by atoms with Crippen molar-refractivity contribution >= 4 is 34.2 Å². The van der Waals surface area contributed by atoms with E-state index in [0.29, 0.717) is 10.0 Å². The number of aromatic amines is 1. The third-order valence-corrected chi connectivity index (χ3v) is 3.26. The van der Waals surface area contributed by atoms with Gasteiger partial charge in [-0.1, -0.05) is 23.2 Å². The summed E-state index contributed by atoms with van der Waals surface area (Å²) >= 11 is 12.0. The molecule has 19 heavy (non-hydrogen) atoms. The molecule has 0 fully saturated rings. The summed E-state index contributed by atoms with van der Waals surface area (Å²) in [6.45, 7) is 0. The maximum absolute atomic E-state index is 6.00. The largest absolute Gasteiger partial charge is 0.497 e. The van der Waals surface area contributed by atoms with Crippen LogP contribution in [0.2, 0.25) is 10.0 Å². The number of fused-ring (bicyclic) bond motifs is 1. The zero-order chi connectivity index (χ0) is 13.4. The minimum atomic E-state index is 0.584. The molecule has 2 aromatic carbocycles. The molecule has 1 aromatic heterocycles. The number of hydrogen-bond donors (Lipinski definition) is 1. The number of imidazole rings is 1. The van der Waals surface area contributed by atoms with Gasteiger partial charge >= 0.3 is 0 Å². The van der Waals surface area contributed by atoms with E-state index in [-0.39, 0.29) is 0 Å². The third kappa shape index (κ3) is 2.39. The van der Waals surface area contributed by atoms with Crippen molar-refractivity contribution < 1.29 is 4.74 Å². The molecule has 0 spiro atoms. The molecule has 3 aromatic rings. The molecule has 1 N–H and O–H groups in total. The lowest BCUT2D eigenvalue weighted by Gasteiger charge is -1.99. The Hall–Kier alpha value is -1.71. The van der Waals surface area contributed by atoms with Crippen molar-refractivity contribution in [2.45, 2.75) is 0 Å². The minimum absolute atomic E-state index is 0.584. The maximum atomic E-state index is 6.00. The van der Waals surface area contributed by atoms with Crippen LogP contribution in [0.4, 0.5) is 0 Å². The maximum Gasteiger partial charge on any atom is 0.138 e. The first-order valence-corrected chi connectivity index (χ1v) is 6.41. The lowest BCUT2D eigenvalue weighted by atomic mass is 10.2. The molecule has 1 heterocycles. The van der Waals surface area contributed by atoms with E-state index in [1.54, 1.807) is 13.2 Å². The Labute approximate surface area is 120 Å². The minimum Gasteiger partial charge on any atom is -0.497 e. The molecule has 0 bridgehead atoms. The first-order chi connectivity index (χ1) is 9.15. The second kappa shape index (κ2) is 4.76. The topological polar surface area (TPSA) is 37.9 Å². The summed E-state index contributed by atoms with van der Waals surface area (Å²) in [6.07, 6.45) is 0. The quantitative estimate of drug-likeness (QED) is 0.753. The summed E-state index contributed by atoms with van der Waals surface area (Å²) in [7, 11) is 1.63. The Balaban J connectivity index is 2.14. The van der Waals surface area contributed by atoms with Gasteiger partial charge in [0, 0.05) is 21.7 Å². The van der Waals surface area contributed by atoms with Gasteiger partial charge in [0.05, 0.1) is 18.1 Å². The van der Waals surface area contributed by atoms with Crippen molar-refractivity contribution in [1.29, 1.82) is 0 Å². The van der Waals surface area contributed by atoms with E-state index in [0.717, 1.165) is 28.2 Å². The molecular formula is C14H10Cl2N2O. The van der Waals surface area contributed by atoms with Gasteiger partial charge in [-0.3, -0.25) is 0 Å². The van der Waals surface area contributed by atoms with Crippen LogP contribution >= 0.6 is 23.2 Å². The Bertz CT molecular complexity index is 732. The zero-order valence-corrected chi connectivity index (χ0v) is 11.6. The molecule has 3 rings (SSSR count). The van der Waals surface area contributed by atoms with Crippen LogP contribution in [-0.2, 0) is 0 Å². The van der Waals surface area contributed by atoms with Gasteiger partial charge in [0.15, 0.2) is 0 Å². The molecule has 0 amide bonds. The number of halogens is 2. The highest BCUT2D eigenvalue weighted by atomic mass is 35.5. The first-order valence-electron chi connectivity index (χ1n) is 5.66. The number of benzene rings is 2. The van der Waals surface area contributed by atoms with E-state index >= 15 is 0 Å². The van der Waals surface area contributed by atoms with Crippen molar-refractivity contribution in [3.8, 4) is 17.1 Å². The molecule has 0 saturated carbocycles. The van der Waals surface area contributed by atoms with Gasteiger partial charge in [-0.2, -0.15) is 0 Å². The van der Waals surface area contributed by atoms with Gasteiger partial charge in [-0.05, 0) is 30.3 Å². The summed E-state index contributed by atoms with van der Waals surface area (Å²) in [5.41, 5.74) is 2.63. The molecular weight excluding hydrogens is 283 g/mol. The molecule has 0 radical (unpaired) electrons. The predicted octanol–water partition coefficient (Wildman–Crippen LogP) is 4.55. The van der Waals surface area contributed by atoms with Gasteiger partial charge in [0.2, 0.25) is 0 Å². The lowest BCUT2D eigenvalue weighted by Crippen LogP contribution is -1.81. The second-order valence-electron chi connectivity index (χ2n) is 4.13. The van der Waals surface area contributed by atoms with Crippen molar-refractivity contribution in [3.05, 3.63) is 46.4 Å². The van der Waals surface area contributed by atoms with Crippen LogP contribution < -0.4 is 4.74 Å². The number of rotatable bonds is 2. The fraction of sp³-hybridized carbons (Fsp3) is 0.0714. The van der Waals surface area contributed by atoms with Crippen molar-refractivity contribution in [1.82, 2.24) is 9.97 Å². The number of hydrogen-bond acceptors (Lipinski definition) is 2. The fourth-order valence-corrected chi connectivity index (χ4v) is 2.47. The van der Waals surface area contributed by atoms with E-state index < -0.39 is 0 Å². The van der Waals surface area contributed by atoms with E-state index in [2.05, 4.69) is 9.97 Å². The number of methoxy groups -OCH3 is 1. The van der Waals surface area contributed by atoms with Crippen LogP contribution in [0.1, 0.15) is 0 Å². The molecule has 0 unspecified atom stereocenters. The first kappa shape index (κ1) is 12.3. The van der Waals surface area contributed by atoms with Crippen molar-refractivity contribution in [2.24, 2.45) is 0 Å². The third-order valence-electron chi connectivity index (χ3n) is 2.83. The highest BCUT2D eigenvalue weighted by Crippen LogP contribution is 2.28. The Kier molecular flexibility index (Phi) is 3.09. The number of H-pyrrole nitrogens is 1. The van der Waals surface area contributed by atoms with Crippen molar-refractivity contribution in [2.75, 3.05) is 7.11 Å². The average molecular weight is 293 g/mol. The SMILES string of the molecule is COc1ccc2nc(-c3cc(Cl)cc(Cl)c3)[nH]c2c1. The highest BCUT2D eigenvalue weighted by molar-refractivity contribution is 6.35. The summed E-state index contributed by atoms with van der Waals surface area (Å²) in [4.78, 5) is 7.74. The normalized spacial score (nSPS) is 10.9. The molecule has 96 valence electrons. The van der Waals surface area contributed by atoms with Crippen LogP contribution in [-0.4, -0.2) is 17.1 Å². The standard InChI is InChI=1S/C14H10Cl2N2O/c1-19-11-2-3-12-13(7-11)18-14(17-12)8-4-9(15)6-10(16)5-8/h2-7H,1H3,(H,17,18). The van der Waals surface area contributed by atoms with E-state index in [4.69, 9.17) is 27.9 Å². The summed E-state index contributed by atoms with van der Waals surface area (Å²) in [6, 6.07) is 11.0. The molecule has 3 nitrogen and oxygen atoms in total. The van der Waals surface area contributed by atoms with Crippen LogP contribution in [0.5, 0.6) is 5.75 Å².